The van der Waals surface area contributed by atoms with Gasteiger partial charge < -0.3 is 5.32 Å². The van der Waals surface area contributed by atoms with Crippen molar-refractivity contribution in [3.05, 3.63) is 10.0 Å². The molecule has 0 radical (unpaired) electrons. The van der Waals surface area contributed by atoms with Crippen molar-refractivity contribution in [1.82, 2.24) is 15.5 Å². The summed E-state index contributed by atoms with van der Waals surface area (Å²) in [4.78, 5) is 0. The summed E-state index contributed by atoms with van der Waals surface area (Å²) in [5, 5.41) is 14.1. The molecule has 0 aliphatic heterocycles. The summed E-state index contributed by atoms with van der Waals surface area (Å²) in [7, 11) is 0. The molecule has 0 amide bonds. The lowest BCUT2D eigenvalue weighted by Gasteiger charge is -2.21. The third-order valence-electron chi connectivity index (χ3n) is 2.62. The van der Waals surface area contributed by atoms with Gasteiger partial charge in [-0.15, -0.1) is 21.5 Å². The minimum absolute atomic E-state index is 0.488. The van der Waals surface area contributed by atoms with E-state index in [0.717, 1.165) is 18.0 Å². The smallest absolute Gasteiger partial charge is 0.122 e. The molecule has 15 heavy (non-hydrogen) atoms. The first-order chi connectivity index (χ1) is 7.19. The average molecular weight is 227 g/mol. The number of nitrogens with zero attached hydrogens (tertiary/aromatic N) is 2. The quantitative estimate of drug-likeness (QED) is 0.812. The lowest BCUT2D eigenvalue weighted by molar-refractivity contribution is 0.447. The molecule has 3 nitrogen and oxygen atoms in total. The first-order valence-electron chi connectivity index (χ1n) is 5.72. The Morgan fingerprint density at radius 3 is 2.53 bits per heavy atom. The monoisotopic (exact) mass is 227 g/mol. The molecule has 86 valence electrons. The third-order valence-corrected chi connectivity index (χ3v) is 3.59. The summed E-state index contributed by atoms with van der Waals surface area (Å²) in [6.07, 6.45) is 2.29. The SMILES string of the molecule is CCCNC(C)C(CC)c1nnc(C)s1. The number of nitrogens with one attached hydrogen (secondary N) is 1. The Bertz CT molecular complexity index is 285. The molecule has 0 aliphatic carbocycles. The van der Waals surface area contributed by atoms with E-state index in [-0.39, 0.29) is 0 Å². The molecule has 2 atom stereocenters. The van der Waals surface area contributed by atoms with Gasteiger partial charge in [0.05, 0.1) is 0 Å². The molecule has 0 saturated heterocycles. The molecule has 1 rings (SSSR count). The van der Waals surface area contributed by atoms with Crippen LogP contribution >= 0.6 is 11.3 Å². The molecule has 1 heterocycles. The Morgan fingerprint density at radius 1 is 1.33 bits per heavy atom. The Kier molecular flexibility index (Phi) is 5.19. The summed E-state index contributed by atoms with van der Waals surface area (Å²) in [6.45, 7) is 9.73. The lowest BCUT2D eigenvalue weighted by Crippen LogP contribution is -2.32. The fourth-order valence-corrected chi connectivity index (χ4v) is 2.71. The molecule has 0 bridgehead atoms. The molecule has 4 heteroatoms. The highest BCUT2D eigenvalue weighted by Crippen LogP contribution is 2.25. The molecule has 1 N–H and O–H groups in total. The van der Waals surface area contributed by atoms with Gasteiger partial charge in [-0.1, -0.05) is 13.8 Å². The van der Waals surface area contributed by atoms with E-state index in [2.05, 4.69) is 36.3 Å². The standard InChI is InChI=1S/C11H21N3S/c1-5-7-12-8(3)10(6-2)11-14-13-9(4)15-11/h8,10,12H,5-7H2,1-4H3. The van der Waals surface area contributed by atoms with Crippen LogP contribution in [0, 0.1) is 6.92 Å². The van der Waals surface area contributed by atoms with Crippen molar-refractivity contribution in [2.75, 3.05) is 6.54 Å². The molecular formula is C11H21N3S. The van der Waals surface area contributed by atoms with Gasteiger partial charge in [0.2, 0.25) is 0 Å². The van der Waals surface area contributed by atoms with E-state index in [9.17, 15) is 0 Å². The van der Waals surface area contributed by atoms with Crippen LogP contribution in [0.15, 0.2) is 0 Å². The second-order valence-corrected chi connectivity index (χ2v) is 5.13. The van der Waals surface area contributed by atoms with Gasteiger partial charge in [0, 0.05) is 12.0 Å². The van der Waals surface area contributed by atoms with Crippen molar-refractivity contribution in [1.29, 1.82) is 0 Å². The molecule has 0 aromatic carbocycles. The Balaban J connectivity index is 2.62. The van der Waals surface area contributed by atoms with E-state index in [1.807, 2.05) is 6.92 Å². The number of aryl methyl sites for hydroxylation is 1. The fourth-order valence-electron chi connectivity index (χ4n) is 1.72. The summed E-state index contributed by atoms with van der Waals surface area (Å²) in [5.41, 5.74) is 0. The molecule has 0 saturated carbocycles. The predicted octanol–water partition coefficient (Wildman–Crippen LogP) is 2.73. The molecule has 0 spiro atoms. The van der Waals surface area contributed by atoms with Crippen LogP contribution in [0.2, 0.25) is 0 Å². The van der Waals surface area contributed by atoms with Crippen LogP contribution in [0.4, 0.5) is 0 Å². The number of aromatic nitrogens is 2. The van der Waals surface area contributed by atoms with Gasteiger partial charge in [-0.2, -0.15) is 0 Å². The maximum Gasteiger partial charge on any atom is 0.122 e. The molecule has 2 unspecified atom stereocenters. The number of hydrogen-bond donors (Lipinski definition) is 1. The highest BCUT2D eigenvalue weighted by Gasteiger charge is 2.20. The zero-order valence-corrected chi connectivity index (χ0v) is 10.9. The van der Waals surface area contributed by atoms with E-state index in [1.165, 1.54) is 11.4 Å². The van der Waals surface area contributed by atoms with Crippen molar-refractivity contribution in [3.63, 3.8) is 0 Å². The van der Waals surface area contributed by atoms with E-state index < -0.39 is 0 Å². The summed E-state index contributed by atoms with van der Waals surface area (Å²) < 4.78 is 0. The Labute approximate surface area is 96.3 Å². The topological polar surface area (TPSA) is 37.8 Å². The predicted molar refractivity (Wildman–Crippen MR) is 65.4 cm³/mol. The highest BCUT2D eigenvalue weighted by atomic mass is 32.1. The van der Waals surface area contributed by atoms with E-state index >= 15 is 0 Å². The van der Waals surface area contributed by atoms with Gasteiger partial charge in [0.25, 0.3) is 0 Å². The lowest BCUT2D eigenvalue weighted by atomic mass is 9.99. The molecular weight excluding hydrogens is 206 g/mol. The van der Waals surface area contributed by atoms with Crippen LogP contribution in [0.1, 0.15) is 49.5 Å². The summed E-state index contributed by atoms with van der Waals surface area (Å²) in [5.74, 6) is 0.503. The van der Waals surface area contributed by atoms with Crippen LogP contribution in [-0.2, 0) is 0 Å². The first kappa shape index (κ1) is 12.6. The van der Waals surface area contributed by atoms with E-state index in [1.54, 1.807) is 11.3 Å². The van der Waals surface area contributed by atoms with Crippen molar-refractivity contribution < 1.29 is 0 Å². The zero-order chi connectivity index (χ0) is 11.3. The van der Waals surface area contributed by atoms with E-state index in [0.29, 0.717) is 12.0 Å². The molecule has 0 fully saturated rings. The van der Waals surface area contributed by atoms with Gasteiger partial charge in [-0.25, -0.2) is 0 Å². The van der Waals surface area contributed by atoms with Gasteiger partial charge in [-0.05, 0) is 33.2 Å². The van der Waals surface area contributed by atoms with Gasteiger partial charge in [0.1, 0.15) is 10.0 Å². The first-order valence-corrected chi connectivity index (χ1v) is 6.54. The van der Waals surface area contributed by atoms with E-state index in [4.69, 9.17) is 0 Å². The minimum atomic E-state index is 0.488. The second kappa shape index (κ2) is 6.18. The third kappa shape index (κ3) is 3.54. The maximum absolute atomic E-state index is 4.24. The van der Waals surface area contributed by atoms with Crippen molar-refractivity contribution in [2.24, 2.45) is 0 Å². The van der Waals surface area contributed by atoms with Gasteiger partial charge in [0.15, 0.2) is 0 Å². The van der Waals surface area contributed by atoms with Crippen LogP contribution in [-0.4, -0.2) is 22.8 Å². The van der Waals surface area contributed by atoms with Gasteiger partial charge in [-0.3, -0.25) is 0 Å². The minimum Gasteiger partial charge on any atom is -0.314 e. The van der Waals surface area contributed by atoms with Crippen LogP contribution < -0.4 is 5.32 Å². The Morgan fingerprint density at radius 2 is 2.07 bits per heavy atom. The normalized spacial score (nSPS) is 15.2. The van der Waals surface area contributed by atoms with Crippen LogP contribution in [0.5, 0.6) is 0 Å². The number of rotatable bonds is 6. The Hall–Kier alpha value is -0.480. The maximum atomic E-state index is 4.24. The fraction of sp³-hybridized carbons (Fsp3) is 0.818. The van der Waals surface area contributed by atoms with Crippen LogP contribution in [0.3, 0.4) is 0 Å². The second-order valence-electron chi connectivity index (χ2n) is 3.92. The zero-order valence-electron chi connectivity index (χ0n) is 10.1. The van der Waals surface area contributed by atoms with Crippen molar-refractivity contribution in [3.8, 4) is 0 Å². The number of hydrogen-bond acceptors (Lipinski definition) is 4. The van der Waals surface area contributed by atoms with Crippen molar-refractivity contribution >= 4 is 11.3 Å². The largest absolute Gasteiger partial charge is 0.314 e. The molecule has 1 aromatic rings. The molecule has 0 aliphatic rings. The van der Waals surface area contributed by atoms with Crippen LogP contribution in [0.25, 0.3) is 0 Å². The summed E-state index contributed by atoms with van der Waals surface area (Å²) in [6, 6.07) is 0.488. The van der Waals surface area contributed by atoms with Gasteiger partial charge >= 0.3 is 0 Å². The van der Waals surface area contributed by atoms with Crippen molar-refractivity contribution in [2.45, 2.75) is 52.5 Å². The summed E-state index contributed by atoms with van der Waals surface area (Å²) >= 11 is 1.72. The molecule has 1 aromatic heterocycles. The average Bonchev–Trinajstić information content (AvgIpc) is 2.63. The highest BCUT2D eigenvalue weighted by molar-refractivity contribution is 7.11.